The van der Waals surface area contributed by atoms with Gasteiger partial charge in [-0.2, -0.15) is 0 Å². The highest BCUT2D eigenvalue weighted by Gasteiger charge is 2.23. The second-order valence-corrected chi connectivity index (χ2v) is 6.56. The molecule has 0 aromatic rings. The molecule has 2 nitrogen and oxygen atoms in total. The topological polar surface area (TPSA) is 6.48 Å². The minimum absolute atomic E-state index is 0.729. The average molecular weight is 268 g/mol. The van der Waals surface area contributed by atoms with Gasteiger partial charge in [0.15, 0.2) is 0 Å². The van der Waals surface area contributed by atoms with Gasteiger partial charge in [-0.3, -0.25) is 4.90 Å². The van der Waals surface area contributed by atoms with Crippen molar-refractivity contribution < 1.29 is 0 Å². The van der Waals surface area contributed by atoms with Crippen molar-refractivity contribution >= 4 is 0 Å². The van der Waals surface area contributed by atoms with Crippen LogP contribution in [-0.4, -0.2) is 48.6 Å². The van der Waals surface area contributed by atoms with Gasteiger partial charge in [0.05, 0.1) is 0 Å². The molecule has 1 saturated heterocycles. The molecule has 0 amide bonds. The first-order valence-corrected chi connectivity index (χ1v) is 8.61. The van der Waals surface area contributed by atoms with Gasteiger partial charge in [0.25, 0.3) is 0 Å². The van der Waals surface area contributed by atoms with Gasteiger partial charge in [-0.25, -0.2) is 0 Å². The fraction of sp³-hybridized carbons (Fsp3) is 1.00. The molecular formula is C17H36N2. The van der Waals surface area contributed by atoms with Crippen LogP contribution >= 0.6 is 0 Å². The minimum atomic E-state index is 0.729. The zero-order valence-electron chi connectivity index (χ0n) is 14.0. The van der Waals surface area contributed by atoms with Crippen molar-refractivity contribution in [2.45, 2.75) is 66.3 Å². The van der Waals surface area contributed by atoms with Crippen molar-refractivity contribution in [1.82, 2.24) is 9.80 Å². The molecule has 114 valence electrons. The van der Waals surface area contributed by atoms with Crippen LogP contribution in [0.5, 0.6) is 0 Å². The highest BCUT2D eigenvalue weighted by atomic mass is 15.3. The Morgan fingerprint density at radius 2 is 1.42 bits per heavy atom. The molecule has 0 bridgehead atoms. The summed E-state index contributed by atoms with van der Waals surface area (Å²) in [6.07, 6.45) is 5.89. The maximum Gasteiger partial charge on any atom is 0.0113 e. The summed E-state index contributed by atoms with van der Waals surface area (Å²) in [5, 5.41) is 0. The second kappa shape index (κ2) is 8.97. The third kappa shape index (κ3) is 5.83. The van der Waals surface area contributed by atoms with Crippen LogP contribution in [0.25, 0.3) is 0 Å². The lowest BCUT2D eigenvalue weighted by atomic mass is 9.83. The maximum absolute atomic E-state index is 2.71. The molecule has 0 unspecified atom stereocenters. The van der Waals surface area contributed by atoms with E-state index in [9.17, 15) is 0 Å². The van der Waals surface area contributed by atoms with E-state index >= 15 is 0 Å². The van der Waals surface area contributed by atoms with Gasteiger partial charge in [-0.05, 0) is 38.5 Å². The molecular weight excluding hydrogens is 232 g/mol. The van der Waals surface area contributed by atoms with Crippen LogP contribution < -0.4 is 0 Å². The van der Waals surface area contributed by atoms with Crippen LogP contribution in [-0.2, 0) is 0 Å². The van der Waals surface area contributed by atoms with Crippen molar-refractivity contribution in [3.63, 3.8) is 0 Å². The smallest absolute Gasteiger partial charge is 0.0113 e. The van der Waals surface area contributed by atoms with E-state index in [1.165, 1.54) is 58.4 Å². The highest BCUT2D eigenvalue weighted by Crippen LogP contribution is 2.29. The lowest BCUT2D eigenvalue weighted by Crippen LogP contribution is -2.50. The van der Waals surface area contributed by atoms with Crippen LogP contribution in [0.4, 0.5) is 0 Å². The van der Waals surface area contributed by atoms with E-state index in [0.717, 1.165) is 17.9 Å². The molecule has 2 aliphatic rings. The fourth-order valence-electron chi connectivity index (χ4n) is 3.34. The first-order valence-electron chi connectivity index (χ1n) is 8.61. The van der Waals surface area contributed by atoms with Crippen LogP contribution in [0.2, 0.25) is 0 Å². The highest BCUT2D eigenvalue weighted by molar-refractivity contribution is 4.78. The van der Waals surface area contributed by atoms with Gasteiger partial charge in [0.2, 0.25) is 0 Å². The van der Waals surface area contributed by atoms with E-state index in [1.54, 1.807) is 0 Å². The Kier molecular flexibility index (Phi) is 8.01. The van der Waals surface area contributed by atoms with E-state index in [4.69, 9.17) is 0 Å². The standard InChI is InChI=1S/C15H30N2.C2H6/c1-13(2)17-10-8-16(9-11-17)12-15-6-4-14(3)5-7-15;1-2/h13-15H,4-12H2,1-3H3;1-2H3. The molecule has 0 radical (unpaired) electrons. The number of hydrogen-bond acceptors (Lipinski definition) is 2. The molecule has 19 heavy (non-hydrogen) atoms. The Labute approximate surface area is 121 Å². The van der Waals surface area contributed by atoms with Gasteiger partial charge in [-0.15, -0.1) is 0 Å². The van der Waals surface area contributed by atoms with Crippen molar-refractivity contribution in [2.24, 2.45) is 11.8 Å². The molecule has 0 aromatic heterocycles. The Balaban J connectivity index is 0.000000861. The number of rotatable bonds is 3. The Morgan fingerprint density at radius 3 is 1.89 bits per heavy atom. The molecule has 1 aliphatic carbocycles. The predicted octanol–water partition coefficient (Wildman–Crippen LogP) is 3.86. The summed E-state index contributed by atoms with van der Waals surface area (Å²) in [6.45, 7) is 17.6. The Hall–Kier alpha value is -0.0800. The monoisotopic (exact) mass is 268 g/mol. The van der Waals surface area contributed by atoms with Gasteiger partial charge in [-0.1, -0.05) is 33.6 Å². The third-order valence-corrected chi connectivity index (χ3v) is 4.79. The van der Waals surface area contributed by atoms with Crippen molar-refractivity contribution in [2.75, 3.05) is 32.7 Å². The van der Waals surface area contributed by atoms with Crippen molar-refractivity contribution in [1.29, 1.82) is 0 Å². The number of hydrogen-bond donors (Lipinski definition) is 0. The van der Waals surface area contributed by atoms with E-state index in [2.05, 4.69) is 30.6 Å². The Bertz CT molecular complexity index is 211. The quantitative estimate of drug-likeness (QED) is 0.767. The summed E-state index contributed by atoms with van der Waals surface area (Å²) in [6, 6.07) is 0.729. The molecule has 2 heteroatoms. The summed E-state index contributed by atoms with van der Waals surface area (Å²) >= 11 is 0. The molecule has 2 fully saturated rings. The van der Waals surface area contributed by atoms with Crippen molar-refractivity contribution in [3.8, 4) is 0 Å². The summed E-state index contributed by atoms with van der Waals surface area (Å²) in [4.78, 5) is 5.32. The van der Waals surface area contributed by atoms with E-state index in [-0.39, 0.29) is 0 Å². The molecule has 0 atom stereocenters. The predicted molar refractivity (Wildman–Crippen MR) is 85.6 cm³/mol. The third-order valence-electron chi connectivity index (χ3n) is 4.79. The molecule has 1 heterocycles. The summed E-state index contributed by atoms with van der Waals surface area (Å²) in [5.41, 5.74) is 0. The summed E-state index contributed by atoms with van der Waals surface area (Å²) < 4.78 is 0. The Morgan fingerprint density at radius 1 is 0.895 bits per heavy atom. The van der Waals surface area contributed by atoms with Gasteiger partial charge >= 0.3 is 0 Å². The molecule has 0 aromatic carbocycles. The second-order valence-electron chi connectivity index (χ2n) is 6.56. The number of nitrogens with zero attached hydrogens (tertiary/aromatic N) is 2. The molecule has 1 aliphatic heterocycles. The van der Waals surface area contributed by atoms with Gasteiger partial charge in [0.1, 0.15) is 0 Å². The number of piperazine rings is 1. The normalized spacial score (nSPS) is 30.0. The average Bonchev–Trinajstić information content (AvgIpc) is 2.44. The van der Waals surface area contributed by atoms with E-state index in [0.29, 0.717) is 0 Å². The fourth-order valence-corrected chi connectivity index (χ4v) is 3.34. The van der Waals surface area contributed by atoms with Crippen LogP contribution in [0.3, 0.4) is 0 Å². The molecule has 0 spiro atoms. The lowest BCUT2D eigenvalue weighted by molar-refractivity contribution is 0.0880. The zero-order valence-corrected chi connectivity index (χ0v) is 14.0. The summed E-state index contributed by atoms with van der Waals surface area (Å²) in [5.74, 6) is 1.99. The van der Waals surface area contributed by atoms with Crippen molar-refractivity contribution in [3.05, 3.63) is 0 Å². The van der Waals surface area contributed by atoms with Crippen LogP contribution in [0.1, 0.15) is 60.3 Å². The molecule has 1 saturated carbocycles. The molecule has 2 rings (SSSR count). The van der Waals surface area contributed by atoms with Gasteiger partial charge < -0.3 is 4.90 Å². The molecule has 0 N–H and O–H groups in total. The van der Waals surface area contributed by atoms with Crippen LogP contribution in [0, 0.1) is 11.8 Å². The lowest BCUT2D eigenvalue weighted by Gasteiger charge is -2.39. The van der Waals surface area contributed by atoms with Crippen LogP contribution in [0.15, 0.2) is 0 Å². The van der Waals surface area contributed by atoms with Gasteiger partial charge in [0, 0.05) is 38.8 Å². The zero-order chi connectivity index (χ0) is 14.3. The maximum atomic E-state index is 2.71. The largest absolute Gasteiger partial charge is 0.301 e. The SMILES string of the molecule is CC.CC1CCC(CN2CCN(C(C)C)CC2)CC1. The minimum Gasteiger partial charge on any atom is -0.301 e. The summed E-state index contributed by atoms with van der Waals surface area (Å²) in [7, 11) is 0. The van der Waals surface area contributed by atoms with E-state index < -0.39 is 0 Å². The first-order chi connectivity index (χ1) is 9.15. The van der Waals surface area contributed by atoms with E-state index in [1.807, 2.05) is 13.8 Å². The first kappa shape index (κ1) is 17.0.